The van der Waals surface area contributed by atoms with Crippen LogP contribution in [0.25, 0.3) is 0 Å². The summed E-state index contributed by atoms with van der Waals surface area (Å²) in [5.74, 6) is 0. The molecule has 1 atom stereocenters. The minimum atomic E-state index is 0.557. The minimum Gasteiger partial charge on any atom is -0.304 e. The van der Waals surface area contributed by atoms with E-state index in [4.69, 9.17) is 5.50 Å². The van der Waals surface area contributed by atoms with Crippen LogP contribution in [0.2, 0.25) is 0 Å². The van der Waals surface area contributed by atoms with Gasteiger partial charge >= 0.3 is 0 Å². The first-order chi connectivity index (χ1) is 1.91. The van der Waals surface area contributed by atoms with Crippen LogP contribution in [0.3, 0.4) is 0 Å². The third-order valence-electron chi connectivity index (χ3n) is 0.118. The van der Waals surface area contributed by atoms with E-state index in [0.717, 1.165) is 0 Å². The zero-order valence-corrected chi connectivity index (χ0v) is 4.30. The highest BCUT2D eigenvalue weighted by Gasteiger charge is 1.54. The third-order valence-corrected chi connectivity index (χ3v) is 1.06. The Balaban J connectivity index is 1.97. The highest BCUT2D eigenvalue weighted by atomic mass is 32.7. The van der Waals surface area contributed by atoms with E-state index in [0.29, 0.717) is 7.93 Å². The molecule has 0 heterocycles. The van der Waals surface area contributed by atoms with Crippen molar-refractivity contribution < 1.29 is 0 Å². The summed E-state index contributed by atoms with van der Waals surface area (Å²) in [6.07, 6.45) is 1.98. The zero-order chi connectivity index (χ0) is 3.41. The first-order valence-corrected chi connectivity index (χ1v) is 3.93. The van der Waals surface area contributed by atoms with Crippen molar-refractivity contribution in [2.45, 2.75) is 0 Å². The van der Waals surface area contributed by atoms with Gasteiger partial charge in [0.15, 0.2) is 0 Å². The molecule has 0 bridgehead atoms. The fourth-order valence-electron chi connectivity index (χ4n) is 0. The number of nitrogens with two attached hydrogens (primary N) is 1. The standard InChI is InChI=1S/CH6NPS/c1-4-3-2/h3H,2H2,1H3. The summed E-state index contributed by atoms with van der Waals surface area (Å²) in [6.45, 7) is 0. The molecule has 0 fully saturated rings. The van der Waals surface area contributed by atoms with Crippen LogP contribution in [0, 0.1) is 0 Å². The van der Waals surface area contributed by atoms with Crippen molar-refractivity contribution in [1.29, 1.82) is 0 Å². The molecule has 0 aliphatic heterocycles. The van der Waals surface area contributed by atoms with Gasteiger partial charge < -0.3 is 5.50 Å². The van der Waals surface area contributed by atoms with Gasteiger partial charge in [0.1, 0.15) is 0 Å². The first kappa shape index (κ1) is 4.74. The van der Waals surface area contributed by atoms with Gasteiger partial charge in [0.05, 0.1) is 0 Å². The molecule has 0 aliphatic rings. The summed E-state index contributed by atoms with van der Waals surface area (Å²) in [5.41, 5.74) is 5.02. The Bertz CT molecular complexity index is 10.0. The van der Waals surface area contributed by atoms with Crippen LogP contribution in [-0.2, 0) is 0 Å². The number of hydrogen-bond donors (Lipinski definition) is 1. The number of rotatable bonds is 1. The highest BCUT2D eigenvalue weighted by Crippen LogP contribution is 2.13. The lowest BCUT2D eigenvalue weighted by atomic mass is 12.0. The molecule has 0 saturated carbocycles. The van der Waals surface area contributed by atoms with Crippen molar-refractivity contribution in [3.63, 3.8) is 0 Å². The molecule has 4 heavy (non-hydrogen) atoms. The van der Waals surface area contributed by atoms with Crippen molar-refractivity contribution in [3.05, 3.63) is 0 Å². The van der Waals surface area contributed by atoms with E-state index in [2.05, 4.69) is 0 Å². The molecule has 0 aliphatic carbocycles. The summed E-state index contributed by atoms with van der Waals surface area (Å²) < 4.78 is 0. The molecule has 3 heteroatoms. The molecular formula is CH6NPS. The minimum absolute atomic E-state index is 0.557. The molecule has 0 aromatic carbocycles. The maximum Gasteiger partial charge on any atom is 0.00415 e. The highest BCUT2D eigenvalue weighted by molar-refractivity contribution is 8.48. The van der Waals surface area contributed by atoms with E-state index in [-0.39, 0.29) is 0 Å². The second-order valence-corrected chi connectivity index (χ2v) is 2.90. The van der Waals surface area contributed by atoms with Crippen LogP contribution in [-0.4, -0.2) is 6.26 Å². The van der Waals surface area contributed by atoms with Gasteiger partial charge in [-0.3, -0.25) is 0 Å². The van der Waals surface area contributed by atoms with Crippen molar-refractivity contribution in [1.82, 2.24) is 0 Å². The summed E-state index contributed by atoms with van der Waals surface area (Å²) in [7, 11) is 0.557. The fraction of sp³-hybridized carbons (Fsp3) is 1.00. The fourth-order valence-corrected chi connectivity index (χ4v) is 0. The van der Waals surface area contributed by atoms with Crippen LogP contribution < -0.4 is 5.50 Å². The first-order valence-electron chi connectivity index (χ1n) is 0.901. The van der Waals surface area contributed by atoms with Crippen LogP contribution in [0.5, 0.6) is 0 Å². The van der Waals surface area contributed by atoms with E-state index in [1.54, 1.807) is 11.4 Å². The maximum absolute atomic E-state index is 5.02. The van der Waals surface area contributed by atoms with Crippen molar-refractivity contribution in [3.8, 4) is 0 Å². The van der Waals surface area contributed by atoms with Gasteiger partial charge in [0, 0.05) is 7.93 Å². The van der Waals surface area contributed by atoms with Gasteiger partial charge in [-0.05, 0) is 6.26 Å². The van der Waals surface area contributed by atoms with Crippen LogP contribution >= 0.6 is 19.3 Å². The number of hydrogen-bond acceptors (Lipinski definition) is 2. The lowest BCUT2D eigenvalue weighted by Gasteiger charge is -1.71. The molecule has 1 unspecified atom stereocenters. The molecule has 0 spiro atoms. The molecule has 0 rings (SSSR count). The van der Waals surface area contributed by atoms with Crippen molar-refractivity contribution >= 4 is 19.3 Å². The second kappa shape index (κ2) is 3.74. The molecule has 2 N–H and O–H groups in total. The average molecular weight is 95.1 g/mol. The predicted octanol–water partition coefficient (Wildman–Crippen LogP) is 0.817. The molecular weight excluding hydrogens is 89.1 g/mol. The molecule has 26 valence electrons. The largest absolute Gasteiger partial charge is 0.304 e. The smallest absolute Gasteiger partial charge is 0.00415 e. The quantitative estimate of drug-likeness (QED) is 0.488. The Morgan fingerprint density at radius 3 is 2.25 bits per heavy atom. The van der Waals surface area contributed by atoms with E-state index in [1.165, 1.54) is 0 Å². The Labute approximate surface area is 31.9 Å². The van der Waals surface area contributed by atoms with Gasteiger partial charge in [-0.2, -0.15) is 0 Å². The van der Waals surface area contributed by atoms with Gasteiger partial charge in [-0.1, -0.05) is 0 Å². The van der Waals surface area contributed by atoms with Crippen LogP contribution in [0.15, 0.2) is 0 Å². The summed E-state index contributed by atoms with van der Waals surface area (Å²) in [4.78, 5) is 0. The Hall–Kier alpha value is 0.740. The second-order valence-electron chi connectivity index (χ2n) is 0.322. The Kier molecular flexibility index (Phi) is 4.43. The molecule has 0 aromatic rings. The SMILES string of the molecule is CSPN. The zero-order valence-electron chi connectivity index (χ0n) is 2.49. The average Bonchev–Trinajstić information content (AvgIpc) is 1.37. The predicted molar refractivity (Wildman–Crippen MR) is 26.0 cm³/mol. The molecule has 0 saturated heterocycles. The molecule has 0 radical (unpaired) electrons. The molecule has 0 aromatic heterocycles. The van der Waals surface area contributed by atoms with Gasteiger partial charge in [-0.25, -0.2) is 0 Å². The van der Waals surface area contributed by atoms with Crippen LogP contribution in [0.1, 0.15) is 0 Å². The van der Waals surface area contributed by atoms with Gasteiger partial charge in [-0.15, -0.1) is 11.4 Å². The summed E-state index contributed by atoms with van der Waals surface area (Å²) in [5, 5.41) is 0. The normalized spacial score (nSPS) is 10.5. The molecule has 1 nitrogen and oxygen atoms in total. The Morgan fingerprint density at radius 2 is 2.25 bits per heavy atom. The van der Waals surface area contributed by atoms with E-state index >= 15 is 0 Å². The summed E-state index contributed by atoms with van der Waals surface area (Å²) in [6, 6.07) is 0. The lowest BCUT2D eigenvalue weighted by molar-refractivity contribution is 2.05. The monoisotopic (exact) mass is 95.0 g/mol. The van der Waals surface area contributed by atoms with Crippen molar-refractivity contribution in [2.75, 3.05) is 6.26 Å². The van der Waals surface area contributed by atoms with Crippen molar-refractivity contribution in [2.24, 2.45) is 5.50 Å². The van der Waals surface area contributed by atoms with E-state index in [1.807, 2.05) is 6.26 Å². The summed E-state index contributed by atoms with van der Waals surface area (Å²) >= 11 is 1.66. The Morgan fingerprint density at radius 1 is 2.00 bits per heavy atom. The van der Waals surface area contributed by atoms with Gasteiger partial charge in [0.25, 0.3) is 0 Å². The van der Waals surface area contributed by atoms with Gasteiger partial charge in [0.2, 0.25) is 0 Å². The van der Waals surface area contributed by atoms with E-state index < -0.39 is 0 Å². The van der Waals surface area contributed by atoms with Crippen LogP contribution in [0.4, 0.5) is 0 Å². The maximum atomic E-state index is 5.02. The van der Waals surface area contributed by atoms with E-state index in [9.17, 15) is 0 Å². The lowest BCUT2D eigenvalue weighted by Crippen LogP contribution is -1.58. The third kappa shape index (κ3) is 2.74. The molecule has 0 amide bonds. The topological polar surface area (TPSA) is 26.0 Å².